The number of para-hydroxylation sites is 1. The predicted octanol–water partition coefficient (Wildman–Crippen LogP) is 2.43. The summed E-state index contributed by atoms with van der Waals surface area (Å²) in [6.45, 7) is 1.87. The molecule has 1 saturated carbocycles. The summed E-state index contributed by atoms with van der Waals surface area (Å²) in [5.41, 5.74) is 1.28. The molecule has 0 bridgehead atoms. The lowest BCUT2D eigenvalue weighted by molar-refractivity contribution is 0.0619. The summed E-state index contributed by atoms with van der Waals surface area (Å²) in [5.74, 6) is 0.807. The van der Waals surface area contributed by atoms with Crippen molar-refractivity contribution in [3.8, 4) is 5.75 Å². The minimum Gasteiger partial charge on any atom is -0.491 e. The zero-order valence-electron chi connectivity index (χ0n) is 13.1. The fourth-order valence-corrected chi connectivity index (χ4v) is 2.68. The number of benzene rings is 1. The maximum Gasteiger partial charge on any atom is 0.119 e. The van der Waals surface area contributed by atoms with Gasteiger partial charge in [-0.25, -0.2) is 0 Å². The molecule has 1 fully saturated rings. The number of nitrogens with zero attached hydrogens (tertiary/aromatic N) is 2. The van der Waals surface area contributed by atoms with Crippen molar-refractivity contribution in [1.82, 2.24) is 9.47 Å². The van der Waals surface area contributed by atoms with Gasteiger partial charge in [0.15, 0.2) is 0 Å². The summed E-state index contributed by atoms with van der Waals surface area (Å²) >= 11 is 0. The van der Waals surface area contributed by atoms with E-state index < -0.39 is 6.10 Å². The van der Waals surface area contributed by atoms with Gasteiger partial charge in [-0.1, -0.05) is 18.2 Å². The molecule has 4 heteroatoms. The van der Waals surface area contributed by atoms with E-state index in [1.54, 1.807) is 0 Å². The highest BCUT2D eigenvalue weighted by atomic mass is 16.5. The van der Waals surface area contributed by atoms with Crippen molar-refractivity contribution in [3.05, 3.63) is 54.4 Å². The van der Waals surface area contributed by atoms with Gasteiger partial charge in [-0.2, -0.15) is 0 Å². The Balaban J connectivity index is 1.51. The summed E-state index contributed by atoms with van der Waals surface area (Å²) in [4.78, 5) is 2.37. The van der Waals surface area contributed by atoms with Crippen LogP contribution in [0, 0.1) is 0 Å². The van der Waals surface area contributed by atoms with Crippen LogP contribution in [-0.2, 0) is 13.6 Å². The Hall–Kier alpha value is -1.78. The van der Waals surface area contributed by atoms with Crippen molar-refractivity contribution in [2.45, 2.75) is 31.5 Å². The van der Waals surface area contributed by atoms with Gasteiger partial charge in [-0.05, 0) is 37.1 Å². The lowest BCUT2D eigenvalue weighted by Crippen LogP contribution is -2.37. The summed E-state index contributed by atoms with van der Waals surface area (Å²) in [6.07, 6.45) is 4.06. The molecule has 0 amide bonds. The second-order valence-electron chi connectivity index (χ2n) is 6.05. The average molecular weight is 300 g/mol. The predicted molar refractivity (Wildman–Crippen MR) is 86.8 cm³/mol. The highest BCUT2D eigenvalue weighted by molar-refractivity contribution is 5.20. The minimum absolute atomic E-state index is 0.334. The van der Waals surface area contributed by atoms with Crippen LogP contribution in [0.1, 0.15) is 18.5 Å². The molecular weight excluding hydrogens is 276 g/mol. The van der Waals surface area contributed by atoms with Gasteiger partial charge in [0.25, 0.3) is 0 Å². The Kier molecular flexibility index (Phi) is 4.80. The van der Waals surface area contributed by atoms with Crippen molar-refractivity contribution in [3.63, 3.8) is 0 Å². The van der Waals surface area contributed by atoms with Crippen LogP contribution in [0.25, 0.3) is 0 Å². The molecule has 0 aliphatic heterocycles. The lowest BCUT2D eigenvalue weighted by Gasteiger charge is -2.25. The average Bonchev–Trinajstić information content (AvgIpc) is 3.30. The number of hydrogen-bond donors (Lipinski definition) is 1. The highest BCUT2D eigenvalue weighted by Gasteiger charge is 2.30. The molecule has 1 aliphatic carbocycles. The maximum atomic E-state index is 10.3. The molecule has 3 rings (SSSR count). The molecular formula is C18H24N2O2. The smallest absolute Gasteiger partial charge is 0.119 e. The number of hydrogen-bond acceptors (Lipinski definition) is 3. The Morgan fingerprint density at radius 2 is 2.00 bits per heavy atom. The van der Waals surface area contributed by atoms with Gasteiger partial charge < -0.3 is 14.4 Å². The fourth-order valence-electron chi connectivity index (χ4n) is 2.68. The van der Waals surface area contributed by atoms with E-state index in [1.165, 1.54) is 18.5 Å². The Bertz CT molecular complexity index is 578. The van der Waals surface area contributed by atoms with Crippen LogP contribution in [-0.4, -0.2) is 39.9 Å². The molecule has 0 radical (unpaired) electrons. The molecule has 1 aromatic carbocycles. The van der Waals surface area contributed by atoms with E-state index in [9.17, 15) is 5.11 Å². The topological polar surface area (TPSA) is 37.6 Å². The van der Waals surface area contributed by atoms with Gasteiger partial charge in [-0.3, -0.25) is 4.90 Å². The van der Waals surface area contributed by atoms with Gasteiger partial charge in [-0.15, -0.1) is 0 Å². The summed E-state index contributed by atoms with van der Waals surface area (Å²) in [7, 11) is 2.06. The van der Waals surface area contributed by atoms with E-state index in [-0.39, 0.29) is 0 Å². The molecule has 1 aliphatic rings. The minimum atomic E-state index is -0.471. The van der Waals surface area contributed by atoms with E-state index >= 15 is 0 Å². The molecule has 1 N–H and O–H groups in total. The van der Waals surface area contributed by atoms with Gasteiger partial charge in [0.1, 0.15) is 18.5 Å². The zero-order chi connectivity index (χ0) is 15.4. The molecule has 1 heterocycles. The van der Waals surface area contributed by atoms with E-state index in [2.05, 4.69) is 34.8 Å². The van der Waals surface area contributed by atoms with Crippen LogP contribution in [0.4, 0.5) is 0 Å². The fraction of sp³-hybridized carbons (Fsp3) is 0.444. The third kappa shape index (κ3) is 4.12. The SMILES string of the molecule is Cn1cccc1CN(CC(O)COc1ccccc1)C1CC1. The zero-order valence-corrected chi connectivity index (χ0v) is 13.1. The van der Waals surface area contributed by atoms with Crippen LogP contribution in [0.15, 0.2) is 48.7 Å². The van der Waals surface area contributed by atoms with E-state index in [0.29, 0.717) is 19.2 Å². The first-order valence-corrected chi connectivity index (χ1v) is 7.92. The van der Waals surface area contributed by atoms with Crippen LogP contribution in [0.5, 0.6) is 5.75 Å². The van der Waals surface area contributed by atoms with Crippen LogP contribution < -0.4 is 4.74 Å². The van der Waals surface area contributed by atoms with Crippen molar-refractivity contribution in [1.29, 1.82) is 0 Å². The van der Waals surface area contributed by atoms with Gasteiger partial charge in [0.2, 0.25) is 0 Å². The molecule has 0 saturated heterocycles. The number of aromatic nitrogens is 1. The number of rotatable bonds is 8. The Labute approximate surface area is 131 Å². The van der Waals surface area contributed by atoms with Gasteiger partial charge in [0.05, 0.1) is 0 Å². The molecule has 0 spiro atoms. The number of aryl methyl sites for hydroxylation is 1. The van der Waals surface area contributed by atoms with E-state index in [0.717, 1.165) is 12.3 Å². The molecule has 2 aromatic rings. The number of aliphatic hydroxyl groups is 1. The molecule has 4 nitrogen and oxygen atoms in total. The largest absolute Gasteiger partial charge is 0.491 e. The molecule has 22 heavy (non-hydrogen) atoms. The van der Waals surface area contributed by atoms with E-state index in [4.69, 9.17) is 4.74 Å². The quantitative estimate of drug-likeness (QED) is 0.813. The molecule has 1 atom stereocenters. The third-order valence-corrected chi connectivity index (χ3v) is 4.11. The maximum absolute atomic E-state index is 10.3. The number of ether oxygens (including phenoxy) is 1. The summed E-state index contributed by atoms with van der Waals surface area (Å²) < 4.78 is 7.79. The summed E-state index contributed by atoms with van der Waals surface area (Å²) in [5, 5.41) is 10.3. The first kappa shape index (κ1) is 15.1. The van der Waals surface area contributed by atoms with Crippen LogP contribution in [0.3, 0.4) is 0 Å². The Morgan fingerprint density at radius 3 is 2.64 bits per heavy atom. The van der Waals surface area contributed by atoms with Gasteiger partial charge in [0, 0.05) is 38.1 Å². The van der Waals surface area contributed by atoms with Crippen LogP contribution in [0.2, 0.25) is 0 Å². The Morgan fingerprint density at radius 1 is 1.23 bits per heavy atom. The monoisotopic (exact) mass is 300 g/mol. The molecule has 118 valence electrons. The normalized spacial score (nSPS) is 16.0. The third-order valence-electron chi connectivity index (χ3n) is 4.11. The lowest BCUT2D eigenvalue weighted by atomic mass is 10.3. The van der Waals surface area contributed by atoms with Crippen molar-refractivity contribution in [2.75, 3.05) is 13.2 Å². The summed E-state index contributed by atoms with van der Waals surface area (Å²) in [6, 6.07) is 14.5. The molecule has 1 unspecified atom stereocenters. The second kappa shape index (κ2) is 6.99. The van der Waals surface area contributed by atoms with Crippen LogP contribution >= 0.6 is 0 Å². The van der Waals surface area contributed by atoms with Crippen molar-refractivity contribution in [2.24, 2.45) is 7.05 Å². The first-order valence-electron chi connectivity index (χ1n) is 7.92. The number of aliphatic hydroxyl groups excluding tert-OH is 1. The van der Waals surface area contributed by atoms with Crippen molar-refractivity contribution < 1.29 is 9.84 Å². The van der Waals surface area contributed by atoms with E-state index in [1.807, 2.05) is 30.3 Å². The standard InChI is InChI=1S/C18H24N2O2/c1-19-11-5-6-16(19)12-20(15-9-10-15)13-17(21)14-22-18-7-3-2-4-8-18/h2-8,11,15,17,21H,9-10,12-14H2,1H3. The van der Waals surface area contributed by atoms with Gasteiger partial charge >= 0.3 is 0 Å². The first-order chi connectivity index (χ1) is 10.7. The van der Waals surface area contributed by atoms with Crippen molar-refractivity contribution >= 4 is 0 Å². The highest BCUT2D eigenvalue weighted by Crippen LogP contribution is 2.28. The molecule has 1 aromatic heterocycles. The second-order valence-corrected chi connectivity index (χ2v) is 6.05.